The molecular weight excluding hydrogens is 501 g/mol. The van der Waals surface area contributed by atoms with Crippen molar-refractivity contribution >= 4 is 17.7 Å². The highest BCUT2D eigenvalue weighted by molar-refractivity contribution is 5.97. The molecule has 0 bridgehead atoms. The van der Waals surface area contributed by atoms with E-state index in [0.29, 0.717) is 12.6 Å². The van der Waals surface area contributed by atoms with Crippen LogP contribution in [0.4, 0.5) is 13.2 Å². The van der Waals surface area contributed by atoms with Gasteiger partial charge in [0, 0.05) is 24.2 Å². The average molecular weight is 537 g/mol. The highest BCUT2D eigenvalue weighted by Gasteiger charge is 2.31. The van der Waals surface area contributed by atoms with E-state index in [1.165, 1.54) is 6.07 Å². The van der Waals surface area contributed by atoms with Crippen LogP contribution in [0.1, 0.15) is 53.4 Å². The predicted octanol–water partition coefficient (Wildman–Crippen LogP) is 3.25. The fourth-order valence-electron chi connectivity index (χ4n) is 3.63. The zero-order valence-corrected chi connectivity index (χ0v) is 22.4. The van der Waals surface area contributed by atoms with Gasteiger partial charge in [-0.2, -0.15) is 13.2 Å². The Morgan fingerprint density at radius 1 is 1.00 bits per heavy atom. The Bertz CT molecular complexity index is 1160. The summed E-state index contributed by atoms with van der Waals surface area (Å²) < 4.78 is 44.1. The highest BCUT2D eigenvalue weighted by Crippen LogP contribution is 2.29. The second-order valence-electron chi connectivity index (χ2n) is 9.93. The number of rotatable bonds is 10. The molecule has 0 aliphatic carbocycles. The summed E-state index contributed by atoms with van der Waals surface area (Å²) in [6, 6.07) is 6.70. The van der Waals surface area contributed by atoms with E-state index < -0.39 is 47.6 Å². The molecule has 8 nitrogen and oxygen atoms in total. The van der Waals surface area contributed by atoms with Crippen molar-refractivity contribution in [1.82, 2.24) is 21.3 Å². The Morgan fingerprint density at radius 3 is 2.29 bits per heavy atom. The zero-order valence-electron chi connectivity index (χ0n) is 22.4. The fourth-order valence-corrected chi connectivity index (χ4v) is 3.63. The van der Waals surface area contributed by atoms with E-state index >= 15 is 0 Å². The van der Waals surface area contributed by atoms with Crippen LogP contribution in [0.5, 0.6) is 5.75 Å². The third kappa shape index (κ3) is 9.05. The van der Waals surface area contributed by atoms with Crippen molar-refractivity contribution in [1.29, 1.82) is 0 Å². The maximum absolute atomic E-state index is 12.9. The van der Waals surface area contributed by atoms with Crippen LogP contribution in [-0.4, -0.2) is 49.5 Å². The number of methoxy groups -OCH3 is 1. The zero-order chi connectivity index (χ0) is 28.7. The molecule has 1 atom stereocenters. The lowest BCUT2D eigenvalue weighted by Crippen LogP contribution is -2.56. The van der Waals surface area contributed by atoms with Crippen LogP contribution in [-0.2, 0) is 22.3 Å². The highest BCUT2D eigenvalue weighted by atomic mass is 19.4. The average Bonchev–Trinajstić information content (AvgIpc) is 2.83. The van der Waals surface area contributed by atoms with Crippen LogP contribution in [0.25, 0.3) is 0 Å². The standard InChI is InChI=1S/C27H35F3N4O4/c1-16-17(2)22(38-6)11-10-19(16)13-31-14-21(25(37)34-26(3,4)5)33-23(35)15-32-24(36)18-8-7-9-20(12-18)27(28,29)30/h7-12,21,31H,13-15H2,1-6H3,(H,32,36)(H,33,35)(H,34,37)/t21-/m0/s1. The molecule has 2 aromatic rings. The summed E-state index contributed by atoms with van der Waals surface area (Å²) in [5.41, 5.74) is 1.27. The molecule has 2 aromatic carbocycles. The molecule has 0 aliphatic heterocycles. The number of alkyl halides is 3. The molecule has 0 saturated heterocycles. The number of halogens is 3. The van der Waals surface area contributed by atoms with Gasteiger partial charge in [0.2, 0.25) is 11.8 Å². The minimum atomic E-state index is -4.60. The normalized spacial score (nSPS) is 12.4. The van der Waals surface area contributed by atoms with Gasteiger partial charge in [-0.1, -0.05) is 12.1 Å². The number of ether oxygens (including phenoxy) is 1. The summed E-state index contributed by atoms with van der Waals surface area (Å²) in [5.74, 6) is -1.17. The molecule has 0 saturated carbocycles. The lowest BCUT2D eigenvalue weighted by atomic mass is 10.0. The monoisotopic (exact) mass is 536 g/mol. The van der Waals surface area contributed by atoms with Gasteiger partial charge >= 0.3 is 6.18 Å². The third-order valence-electron chi connectivity index (χ3n) is 5.74. The van der Waals surface area contributed by atoms with Crippen molar-refractivity contribution in [2.24, 2.45) is 0 Å². The van der Waals surface area contributed by atoms with E-state index in [1.807, 2.05) is 26.0 Å². The Balaban J connectivity index is 2.03. The number of benzene rings is 2. The topological polar surface area (TPSA) is 109 Å². The van der Waals surface area contributed by atoms with Gasteiger partial charge in [-0.05, 0) is 75.6 Å². The van der Waals surface area contributed by atoms with Crippen molar-refractivity contribution in [2.75, 3.05) is 20.2 Å². The van der Waals surface area contributed by atoms with Gasteiger partial charge < -0.3 is 26.0 Å². The van der Waals surface area contributed by atoms with Gasteiger partial charge in [0.1, 0.15) is 11.8 Å². The van der Waals surface area contributed by atoms with Crippen molar-refractivity contribution in [3.63, 3.8) is 0 Å². The van der Waals surface area contributed by atoms with Crippen molar-refractivity contribution in [3.8, 4) is 5.75 Å². The van der Waals surface area contributed by atoms with E-state index in [-0.39, 0.29) is 12.1 Å². The summed E-state index contributed by atoms with van der Waals surface area (Å²) in [6.07, 6.45) is -4.60. The van der Waals surface area contributed by atoms with Gasteiger partial charge in [0.25, 0.3) is 5.91 Å². The Morgan fingerprint density at radius 2 is 1.68 bits per heavy atom. The molecule has 11 heteroatoms. The van der Waals surface area contributed by atoms with E-state index in [9.17, 15) is 27.6 Å². The Labute approximate surface area is 220 Å². The summed E-state index contributed by atoms with van der Waals surface area (Å²) >= 11 is 0. The molecule has 0 spiro atoms. The summed E-state index contributed by atoms with van der Waals surface area (Å²) in [4.78, 5) is 37.7. The molecule has 0 aliphatic rings. The van der Waals surface area contributed by atoms with Crippen LogP contribution in [0.3, 0.4) is 0 Å². The minimum absolute atomic E-state index is 0.0970. The summed E-state index contributed by atoms with van der Waals surface area (Å²) in [6.45, 7) is 9.32. The SMILES string of the molecule is COc1ccc(CNC[C@H](NC(=O)CNC(=O)c2cccc(C(F)(F)F)c2)C(=O)NC(C)(C)C)c(C)c1C. The number of hydrogen-bond acceptors (Lipinski definition) is 5. The number of nitrogens with one attached hydrogen (secondary N) is 4. The van der Waals surface area contributed by atoms with E-state index in [4.69, 9.17) is 4.74 Å². The van der Waals surface area contributed by atoms with Crippen LogP contribution in [0.2, 0.25) is 0 Å². The van der Waals surface area contributed by atoms with Crippen molar-refractivity contribution in [2.45, 2.75) is 58.9 Å². The second kappa shape index (κ2) is 12.8. The van der Waals surface area contributed by atoms with Crippen molar-refractivity contribution in [3.05, 3.63) is 64.2 Å². The first kappa shape index (κ1) is 30.6. The molecule has 0 fully saturated rings. The first-order valence-electron chi connectivity index (χ1n) is 12.0. The maximum atomic E-state index is 12.9. The molecule has 38 heavy (non-hydrogen) atoms. The van der Waals surface area contributed by atoms with Crippen LogP contribution < -0.4 is 26.0 Å². The molecule has 3 amide bonds. The largest absolute Gasteiger partial charge is 0.496 e. The lowest BCUT2D eigenvalue weighted by molar-refractivity contribution is -0.137. The quantitative estimate of drug-likeness (QED) is 0.373. The van der Waals surface area contributed by atoms with E-state index in [2.05, 4.69) is 21.3 Å². The number of amides is 3. The molecule has 208 valence electrons. The van der Waals surface area contributed by atoms with E-state index in [0.717, 1.165) is 34.6 Å². The first-order chi connectivity index (χ1) is 17.6. The van der Waals surface area contributed by atoms with Gasteiger partial charge in [0.15, 0.2) is 0 Å². The summed E-state index contributed by atoms with van der Waals surface area (Å²) in [5, 5.41) is 10.9. The first-order valence-corrected chi connectivity index (χ1v) is 12.0. The van der Waals surface area contributed by atoms with Crippen LogP contribution in [0.15, 0.2) is 36.4 Å². The Hall–Kier alpha value is -3.60. The second-order valence-corrected chi connectivity index (χ2v) is 9.93. The van der Waals surface area contributed by atoms with Crippen molar-refractivity contribution < 1.29 is 32.3 Å². The molecule has 4 N–H and O–H groups in total. The maximum Gasteiger partial charge on any atom is 0.416 e. The number of carbonyl (C=O) groups excluding carboxylic acids is 3. The third-order valence-corrected chi connectivity index (χ3v) is 5.74. The minimum Gasteiger partial charge on any atom is -0.496 e. The summed E-state index contributed by atoms with van der Waals surface area (Å²) in [7, 11) is 1.60. The molecular formula is C27H35F3N4O4. The lowest BCUT2D eigenvalue weighted by Gasteiger charge is -2.26. The van der Waals surface area contributed by atoms with Gasteiger partial charge in [0.05, 0.1) is 19.2 Å². The molecule has 0 radical (unpaired) electrons. The van der Waals surface area contributed by atoms with E-state index in [1.54, 1.807) is 27.9 Å². The fraction of sp³-hybridized carbons (Fsp3) is 0.444. The van der Waals surface area contributed by atoms with Crippen LogP contribution >= 0.6 is 0 Å². The van der Waals surface area contributed by atoms with Crippen LogP contribution in [0, 0.1) is 13.8 Å². The number of carbonyl (C=O) groups is 3. The Kier molecular flexibility index (Phi) is 10.3. The van der Waals surface area contributed by atoms with Gasteiger partial charge in [-0.25, -0.2) is 0 Å². The van der Waals surface area contributed by atoms with Gasteiger partial charge in [-0.15, -0.1) is 0 Å². The molecule has 0 heterocycles. The predicted molar refractivity (Wildman–Crippen MR) is 138 cm³/mol. The molecule has 2 rings (SSSR count). The number of hydrogen-bond donors (Lipinski definition) is 4. The molecule has 0 aromatic heterocycles. The smallest absolute Gasteiger partial charge is 0.416 e. The molecule has 0 unspecified atom stereocenters. The van der Waals surface area contributed by atoms with Gasteiger partial charge in [-0.3, -0.25) is 14.4 Å².